The Labute approximate surface area is 199 Å². The van der Waals surface area contributed by atoms with E-state index in [4.69, 9.17) is 21.1 Å². The fraction of sp³-hybridized carbons (Fsp3) is 0.0870. The molecule has 0 heterocycles. The second-order valence-corrected chi connectivity index (χ2v) is 7.14. The number of benzene rings is 3. The zero-order chi connectivity index (χ0) is 24.5. The molecule has 3 aromatic rings. The third-order valence-electron chi connectivity index (χ3n) is 4.41. The number of hydrazone groups is 1. The number of rotatable bonds is 9. The van der Waals surface area contributed by atoms with Gasteiger partial charge in [0.25, 0.3) is 17.5 Å². The van der Waals surface area contributed by atoms with Gasteiger partial charge in [-0.1, -0.05) is 23.7 Å². The van der Waals surface area contributed by atoms with E-state index in [9.17, 15) is 19.7 Å². The summed E-state index contributed by atoms with van der Waals surface area (Å²) in [5, 5.41) is 17.6. The summed E-state index contributed by atoms with van der Waals surface area (Å²) < 4.78 is 10.8. The maximum atomic E-state index is 12.1. The van der Waals surface area contributed by atoms with Gasteiger partial charge in [-0.05, 0) is 48.0 Å². The first-order valence-corrected chi connectivity index (χ1v) is 10.2. The number of anilines is 1. The lowest BCUT2D eigenvalue weighted by atomic mass is 10.2. The molecule has 0 saturated carbocycles. The first kappa shape index (κ1) is 24.2. The van der Waals surface area contributed by atoms with Gasteiger partial charge in [0.2, 0.25) is 0 Å². The average molecular weight is 483 g/mol. The van der Waals surface area contributed by atoms with Crippen LogP contribution in [0.25, 0.3) is 0 Å². The van der Waals surface area contributed by atoms with E-state index in [1.807, 2.05) is 0 Å². The molecule has 0 aliphatic rings. The summed E-state index contributed by atoms with van der Waals surface area (Å²) in [5.74, 6) is -0.225. The standard InChI is InChI=1S/C23H19ClN4O6/c1-33-21-12-15(13-25-27-23(30)16-7-9-17(10-8-16)28(31)32)6-11-20(21)34-14-22(29)26-19-5-3-2-4-18(19)24/h2-13H,14H2,1H3,(H,26,29)(H,27,30)/b25-13+. The number of non-ortho nitro benzene ring substituents is 1. The molecule has 10 nitrogen and oxygen atoms in total. The number of hydrogen-bond donors (Lipinski definition) is 2. The fourth-order valence-corrected chi connectivity index (χ4v) is 2.92. The highest BCUT2D eigenvalue weighted by Crippen LogP contribution is 2.28. The van der Waals surface area contributed by atoms with Crippen LogP contribution in [0, 0.1) is 10.1 Å². The van der Waals surface area contributed by atoms with Gasteiger partial charge in [-0.3, -0.25) is 19.7 Å². The monoisotopic (exact) mass is 482 g/mol. The zero-order valence-electron chi connectivity index (χ0n) is 17.9. The van der Waals surface area contributed by atoms with Gasteiger partial charge in [0, 0.05) is 17.7 Å². The van der Waals surface area contributed by atoms with E-state index in [1.165, 1.54) is 37.6 Å². The SMILES string of the molecule is COc1cc(/C=N/NC(=O)c2ccc([N+](=O)[O-])cc2)ccc1OCC(=O)Nc1ccccc1Cl. The lowest BCUT2D eigenvalue weighted by molar-refractivity contribution is -0.384. The Morgan fingerprint density at radius 2 is 1.82 bits per heavy atom. The number of carbonyl (C=O) groups is 2. The minimum atomic E-state index is -0.550. The first-order valence-electron chi connectivity index (χ1n) is 9.80. The van der Waals surface area contributed by atoms with Crippen molar-refractivity contribution < 1.29 is 24.0 Å². The molecule has 0 saturated heterocycles. The van der Waals surface area contributed by atoms with Crippen molar-refractivity contribution >= 4 is 41.0 Å². The molecular formula is C23H19ClN4O6. The van der Waals surface area contributed by atoms with E-state index >= 15 is 0 Å². The van der Waals surface area contributed by atoms with E-state index in [1.54, 1.807) is 42.5 Å². The number of nitrogens with one attached hydrogen (secondary N) is 2. The van der Waals surface area contributed by atoms with Gasteiger partial charge in [0.15, 0.2) is 18.1 Å². The van der Waals surface area contributed by atoms with Crippen LogP contribution in [0.4, 0.5) is 11.4 Å². The van der Waals surface area contributed by atoms with Crippen molar-refractivity contribution in [3.63, 3.8) is 0 Å². The summed E-state index contributed by atoms with van der Waals surface area (Å²) in [7, 11) is 1.45. The molecule has 0 spiro atoms. The number of hydrogen-bond acceptors (Lipinski definition) is 7. The summed E-state index contributed by atoms with van der Waals surface area (Å²) >= 11 is 6.03. The van der Waals surface area contributed by atoms with Gasteiger partial charge in [0.05, 0.1) is 29.0 Å². The summed E-state index contributed by atoms with van der Waals surface area (Å²) in [6, 6.07) is 16.8. The Kier molecular flexibility index (Phi) is 8.14. The number of nitrogens with zero attached hydrogens (tertiary/aromatic N) is 2. The van der Waals surface area contributed by atoms with Crippen molar-refractivity contribution in [2.24, 2.45) is 5.10 Å². The number of methoxy groups -OCH3 is 1. The van der Waals surface area contributed by atoms with Crippen LogP contribution in [-0.4, -0.2) is 36.7 Å². The number of carbonyl (C=O) groups excluding carboxylic acids is 2. The number of ether oxygens (including phenoxy) is 2. The molecule has 3 aromatic carbocycles. The van der Waals surface area contributed by atoms with Crippen molar-refractivity contribution in [2.75, 3.05) is 19.0 Å². The second kappa shape index (κ2) is 11.4. The van der Waals surface area contributed by atoms with Gasteiger partial charge in [0.1, 0.15) is 0 Å². The Morgan fingerprint density at radius 3 is 2.50 bits per heavy atom. The van der Waals surface area contributed by atoms with Crippen LogP contribution in [-0.2, 0) is 4.79 Å². The molecule has 0 radical (unpaired) electrons. The molecule has 0 bridgehead atoms. The van der Waals surface area contributed by atoms with E-state index in [2.05, 4.69) is 15.8 Å². The van der Waals surface area contributed by atoms with Crippen LogP contribution in [0.5, 0.6) is 11.5 Å². The molecule has 3 rings (SSSR count). The van der Waals surface area contributed by atoms with E-state index in [0.29, 0.717) is 27.8 Å². The highest BCUT2D eigenvalue weighted by molar-refractivity contribution is 6.33. The number of nitro benzene ring substituents is 1. The largest absolute Gasteiger partial charge is 0.493 e. The maximum Gasteiger partial charge on any atom is 0.271 e. The van der Waals surface area contributed by atoms with Crippen molar-refractivity contribution in [1.29, 1.82) is 0 Å². The predicted molar refractivity (Wildman–Crippen MR) is 127 cm³/mol. The molecule has 34 heavy (non-hydrogen) atoms. The number of nitro groups is 1. The third kappa shape index (κ3) is 6.53. The van der Waals surface area contributed by atoms with Crippen molar-refractivity contribution in [1.82, 2.24) is 5.43 Å². The highest BCUT2D eigenvalue weighted by atomic mass is 35.5. The molecule has 2 N–H and O–H groups in total. The van der Waals surface area contributed by atoms with E-state index in [0.717, 1.165) is 0 Å². The van der Waals surface area contributed by atoms with Gasteiger partial charge < -0.3 is 14.8 Å². The van der Waals surface area contributed by atoms with Crippen LogP contribution in [0.15, 0.2) is 71.8 Å². The second-order valence-electron chi connectivity index (χ2n) is 6.73. The Bertz CT molecular complexity index is 1230. The molecule has 0 atom stereocenters. The highest BCUT2D eigenvalue weighted by Gasteiger charge is 2.11. The summed E-state index contributed by atoms with van der Waals surface area (Å²) in [6.07, 6.45) is 1.39. The number of para-hydroxylation sites is 1. The smallest absolute Gasteiger partial charge is 0.271 e. The van der Waals surface area contributed by atoms with Crippen LogP contribution >= 0.6 is 11.6 Å². The lowest BCUT2D eigenvalue weighted by Crippen LogP contribution is -2.20. The summed E-state index contributed by atoms with van der Waals surface area (Å²) in [4.78, 5) is 34.4. The molecule has 0 unspecified atom stereocenters. The normalized spacial score (nSPS) is 10.5. The van der Waals surface area contributed by atoms with Gasteiger partial charge >= 0.3 is 0 Å². The minimum Gasteiger partial charge on any atom is -0.493 e. The Balaban J connectivity index is 1.57. The van der Waals surface area contributed by atoms with Crippen molar-refractivity contribution in [3.05, 3.63) is 93.0 Å². The quantitative estimate of drug-likeness (QED) is 0.269. The topological polar surface area (TPSA) is 132 Å². The average Bonchev–Trinajstić information content (AvgIpc) is 2.84. The van der Waals surface area contributed by atoms with Crippen LogP contribution in [0.1, 0.15) is 15.9 Å². The molecular weight excluding hydrogens is 464 g/mol. The molecule has 0 aliphatic carbocycles. The zero-order valence-corrected chi connectivity index (χ0v) is 18.6. The van der Waals surface area contributed by atoms with E-state index < -0.39 is 16.7 Å². The van der Waals surface area contributed by atoms with Gasteiger partial charge in [-0.25, -0.2) is 5.43 Å². The maximum absolute atomic E-state index is 12.1. The molecule has 174 valence electrons. The van der Waals surface area contributed by atoms with Crippen molar-refractivity contribution in [3.8, 4) is 11.5 Å². The fourth-order valence-electron chi connectivity index (χ4n) is 2.74. The van der Waals surface area contributed by atoms with Crippen LogP contribution < -0.4 is 20.2 Å². The lowest BCUT2D eigenvalue weighted by Gasteiger charge is -2.12. The molecule has 0 aromatic heterocycles. The summed E-state index contributed by atoms with van der Waals surface area (Å²) in [6.45, 7) is -0.264. The van der Waals surface area contributed by atoms with Crippen molar-refractivity contribution in [2.45, 2.75) is 0 Å². The Morgan fingerprint density at radius 1 is 1.09 bits per heavy atom. The molecule has 2 amide bonds. The molecule has 0 aliphatic heterocycles. The first-order chi connectivity index (χ1) is 16.4. The predicted octanol–water partition coefficient (Wildman–Crippen LogP) is 4.04. The Hall–Kier alpha value is -4.44. The van der Waals surface area contributed by atoms with Gasteiger partial charge in [-0.15, -0.1) is 0 Å². The van der Waals surface area contributed by atoms with Gasteiger partial charge in [-0.2, -0.15) is 5.10 Å². The third-order valence-corrected chi connectivity index (χ3v) is 4.74. The molecule has 11 heteroatoms. The molecule has 0 fully saturated rings. The van der Waals surface area contributed by atoms with E-state index in [-0.39, 0.29) is 17.9 Å². The van der Waals surface area contributed by atoms with Crippen LogP contribution in [0.2, 0.25) is 5.02 Å². The number of amides is 2. The number of halogens is 1. The van der Waals surface area contributed by atoms with Crippen LogP contribution in [0.3, 0.4) is 0 Å². The minimum absolute atomic E-state index is 0.115. The summed E-state index contributed by atoms with van der Waals surface area (Å²) in [5.41, 5.74) is 3.52.